The Balaban J connectivity index is 1.49. The lowest BCUT2D eigenvalue weighted by Gasteiger charge is -2.44. The Hall–Kier alpha value is -2.32. The van der Waals surface area contributed by atoms with Gasteiger partial charge >= 0.3 is 0 Å². The second-order valence-corrected chi connectivity index (χ2v) is 7.69. The van der Waals surface area contributed by atoms with Gasteiger partial charge < -0.3 is 15.0 Å². The monoisotopic (exact) mass is 372 g/mol. The van der Waals surface area contributed by atoms with Crippen LogP contribution in [0.4, 0.5) is 0 Å². The highest BCUT2D eigenvalue weighted by Gasteiger charge is 2.35. The number of piperidine rings is 3. The number of benzene rings is 1. The van der Waals surface area contributed by atoms with Gasteiger partial charge in [-0.05, 0) is 44.0 Å². The van der Waals surface area contributed by atoms with Crippen molar-refractivity contribution in [1.29, 1.82) is 0 Å². The molecule has 0 saturated carbocycles. The predicted molar refractivity (Wildman–Crippen MR) is 96.8 cm³/mol. The van der Waals surface area contributed by atoms with Crippen molar-refractivity contribution in [3.63, 3.8) is 0 Å². The lowest BCUT2D eigenvalue weighted by molar-refractivity contribution is 0.0619. The van der Waals surface area contributed by atoms with Crippen LogP contribution >= 0.6 is 11.3 Å². The maximum Gasteiger partial charge on any atom is 0.300 e. The second kappa shape index (κ2) is 7.13. The SMILES string of the molecule is CC(=O)c1nnc(Oc2ccccc2C(=O)N[C@H]2CN3CCC2CC3)s1. The number of hydrogen-bond donors (Lipinski definition) is 1. The molecule has 26 heavy (non-hydrogen) atoms. The number of para-hydroxylation sites is 1. The number of carbonyl (C=O) groups is 2. The molecule has 1 aromatic heterocycles. The fourth-order valence-electron chi connectivity index (χ4n) is 3.61. The van der Waals surface area contributed by atoms with Crippen LogP contribution in [0.1, 0.15) is 39.9 Å². The van der Waals surface area contributed by atoms with Crippen LogP contribution in [0.3, 0.4) is 0 Å². The molecule has 0 unspecified atom stereocenters. The molecule has 136 valence electrons. The molecule has 1 amide bonds. The first-order valence-electron chi connectivity index (χ1n) is 8.74. The molecule has 0 radical (unpaired) electrons. The Morgan fingerprint density at radius 2 is 2.00 bits per heavy atom. The summed E-state index contributed by atoms with van der Waals surface area (Å²) >= 11 is 1.07. The third-order valence-electron chi connectivity index (χ3n) is 5.01. The van der Waals surface area contributed by atoms with Crippen molar-refractivity contribution in [2.75, 3.05) is 19.6 Å². The molecule has 0 spiro atoms. The molecule has 1 N–H and O–H groups in total. The number of aromatic nitrogens is 2. The third-order valence-corrected chi connectivity index (χ3v) is 5.91. The minimum Gasteiger partial charge on any atom is -0.429 e. The van der Waals surface area contributed by atoms with Gasteiger partial charge in [0.05, 0.1) is 5.56 Å². The molecule has 1 aromatic carbocycles. The molecule has 1 atom stereocenters. The third kappa shape index (κ3) is 3.47. The van der Waals surface area contributed by atoms with Crippen LogP contribution in [-0.4, -0.2) is 52.5 Å². The van der Waals surface area contributed by atoms with E-state index >= 15 is 0 Å². The number of hydrogen-bond acceptors (Lipinski definition) is 7. The topological polar surface area (TPSA) is 84.4 Å². The smallest absolute Gasteiger partial charge is 0.300 e. The van der Waals surface area contributed by atoms with Gasteiger partial charge in [-0.3, -0.25) is 9.59 Å². The second-order valence-electron chi connectivity index (χ2n) is 6.75. The van der Waals surface area contributed by atoms with E-state index in [0.717, 1.165) is 43.8 Å². The lowest BCUT2D eigenvalue weighted by Crippen LogP contribution is -2.57. The van der Waals surface area contributed by atoms with Crippen LogP contribution in [0.15, 0.2) is 24.3 Å². The summed E-state index contributed by atoms with van der Waals surface area (Å²) in [4.78, 5) is 26.6. The number of fused-ring (bicyclic) bond motifs is 3. The van der Waals surface area contributed by atoms with Crippen molar-refractivity contribution in [2.24, 2.45) is 5.92 Å². The van der Waals surface area contributed by atoms with Gasteiger partial charge in [-0.15, -0.1) is 5.10 Å². The van der Waals surface area contributed by atoms with Crippen LogP contribution in [0, 0.1) is 5.92 Å². The quantitative estimate of drug-likeness (QED) is 0.811. The first kappa shape index (κ1) is 17.1. The van der Waals surface area contributed by atoms with Crippen LogP contribution in [0.25, 0.3) is 0 Å². The standard InChI is InChI=1S/C18H20N4O3S/c1-11(23)17-20-21-18(26-17)25-15-5-3-2-4-13(15)16(24)19-14-10-22-8-6-12(14)7-9-22/h2-5,12,14H,6-10H2,1H3,(H,19,24)/t14-/m0/s1. The highest BCUT2D eigenvalue weighted by atomic mass is 32.1. The summed E-state index contributed by atoms with van der Waals surface area (Å²) in [5.74, 6) is 0.664. The molecule has 8 heteroatoms. The van der Waals surface area contributed by atoms with E-state index in [1.165, 1.54) is 6.92 Å². The molecular weight excluding hydrogens is 352 g/mol. The molecule has 3 saturated heterocycles. The van der Waals surface area contributed by atoms with Gasteiger partial charge in [-0.1, -0.05) is 28.6 Å². The summed E-state index contributed by atoms with van der Waals surface area (Å²) in [6.07, 6.45) is 2.28. The number of amides is 1. The Morgan fingerprint density at radius 1 is 1.23 bits per heavy atom. The van der Waals surface area contributed by atoms with Gasteiger partial charge in [-0.25, -0.2) is 0 Å². The van der Waals surface area contributed by atoms with Gasteiger partial charge in [0, 0.05) is 19.5 Å². The summed E-state index contributed by atoms with van der Waals surface area (Å²) < 4.78 is 5.73. The molecule has 0 aliphatic carbocycles. The zero-order valence-corrected chi connectivity index (χ0v) is 15.3. The Morgan fingerprint density at radius 3 is 2.65 bits per heavy atom. The van der Waals surface area contributed by atoms with Crippen molar-refractivity contribution in [2.45, 2.75) is 25.8 Å². The van der Waals surface area contributed by atoms with E-state index in [1.807, 2.05) is 0 Å². The minimum atomic E-state index is -0.161. The van der Waals surface area contributed by atoms with E-state index in [9.17, 15) is 9.59 Å². The highest BCUT2D eigenvalue weighted by molar-refractivity contribution is 7.15. The van der Waals surface area contributed by atoms with Crippen LogP contribution in [-0.2, 0) is 0 Å². The van der Waals surface area contributed by atoms with E-state index < -0.39 is 0 Å². The number of Topliss-reactive ketones (excluding diaryl/α,β-unsaturated/α-hetero) is 1. The van der Waals surface area contributed by atoms with Gasteiger partial charge in [-0.2, -0.15) is 0 Å². The first-order chi connectivity index (χ1) is 12.6. The normalized spacial score (nSPS) is 24.3. The summed E-state index contributed by atoms with van der Waals surface area (Å²) in [6, 6.07) is 7.25. The zero-order valence-electron chi connectivity index (χ0n) is 14.5. The molecule has 2 bridgehead atoms. The summed E-state index contributed by atoms with van der Waals surface area (Å²) in [5.41, 5.74) is 0.462. The highest BCUT2D eigenvalue weighted by Crippen LogP contribution is 2.30. The van der Waals surface area contributed by atoms with Gasteiger partial charge in [0.15, 0.2) is 10.8 Å². The molecule has 2 aromatic rings. The predicted octanol–water partition coefficient (Wildman–Crippen LogP) is 2.36. The number of rotatable bonds is 5. The molecule has 3 aliphatic heterocycles. The van der Waals surface area contributed by atoms with E-state index in [1.54, 1.807) is 24.3 Å². The summed E-state index contributed by atoms with van der Waals surface area (Å²) in [7, 11) is 0. The van der Waals surface area contributed by atoms with Gasteiger partial charge in [0.1, 0.15) is 5.75 Å². The molecule has 5 rings (SSSR count). The van der Waals surface area contributed by atoms with Crippen LogP contribution in [0.5, 0.6) is 10.9 Å². The van der Waals surface area contributed by atoms with Crippen molar-refractivity contribution in [1.82, 2.24) is 20.4 Å². The van der Waals surface area contributed by atoms with Crippen molar-refractivity contribution >= 4 is 23.0 Å². The fraction of sp³-hybridized carbons (Fsp3) is 0.444. The molecule has 3 aliphatic rings. The van der Waals surface area contributed by atoms with E-state index in [0.29, 0.717) is 17.2 Å². The molecule has 7 nitrogen and oxygen atoms in total. The van der Waals surface area contributed by atoms with Crippen LogP contribution < -0.4 is 10.1 Å². The first-order valence-corrected chi connectivity index (χ1v) is 9.56. The largest absolute Gasteiger partial charge is 0.429 e. The average Bonchev–Trinajstić information content (AvgIpc) is 3.12. The van der Waals surface area contributed by atoms with Gasteiger partial charge in [0.2, 0.25) is 0 Å². The fourth-order valence-corrected chi connectivity index (χ4v) is 4.21. The average molecular weight is 372 g/mol. The maximum atomic E-state index is 12.8. The number of ketones is 1. The number of nitrogens with zero attached hydrogens (tertiary/aromatic N) is 3. The number of ether oxygens (including phenoxy) is 1. The molecular formula is C18H20N4O3S. The Bertz CT molecular complexity index is 829. The zero-order chi connectivity index (χ0) is 18.1. The molecule has 4 heterocycles. The van der Waals surface area contributed by atoms with Gasteiger partial charge in [0.25, 0.3) is 11.1 Å². The van der Waals surface area contributed by atoms with Crippen LogP contribution in [0.2, 0.25) is 0 Å². The maximum absolute atomic E-state index is 12.8. The Kier molecular flexibility index (Phi) is 4.69. The number of nitrogens with one attached hydrogen (secondary N) is 1. The molecule has 3 fully saturated rings. The number of carbonyl (C=O) groups excluding carboxylic acids is 2. The van der Waals surface area contributed by atoms with Crippen molar-refractivity contribution in [3.8, 4) is 10.9 Å². The van der Waals surface area contributed by atoms with E-state index in [-0.39, 0.29) is 27.9 Å². The minimum absolute atomic E-state index is 0.143. The van der Waals surface area contributed by atoms with Crippen molar-refractivity contribution in [3.05, 3.63) is 34.8 Å². The van der Waals surface area contributed by atoms with E-state index in [2.05, 4.69) is 20.4 Å². The summed E-state index contributed by atoms with van der Waals surface area (Å²) in [6.45, 7) is 4.61. The summed E-state index contributed by atoms with van der Waals surface area (Å²) in [5, 5.41) is 11.4. The van der Waals surface area contributed by atoms with Crippen molar-refractivity contribution < 1.29 is 14.3 Å². The lowest BCUT2D eigenvalue weighted by atomic mass is 9.84. The van der Waals surface area contributed by atoms with E-state index in [4.69, 9.17) is 4.74 Å². The Labute approximate surface area is 155 Å².